The molecule has 0 radical (unpaired) electrons. The van der Waals surface area contributed by atoms with Crippen molar-refractivity contribution in [3.63, 3.8) is 0 Å². The second kappa shape index (κ2) is 8.58. The average Bonchev–Trinajstić information content (AvgIpc) is 2.88. The predicted octanol–water partition coefficient (Wildman–Crippen LogP) is 2.58. The van der Waals surface area contributed by atoms with Crippen LogP contribution in [-0.2, 0) is 11.2 Å². The van der Waals surface area contributed by atoms with Crippen molar-refractivity contribution >= 4 is 23.3 Å². The monoisotopic (exact) mass is 298 g/mol. The first-order chi connectivity index (χ1) is 9.52. The van der Waals surface area contributed by atoms with E-state index < -0.39 is 5.97 Å². The van der Waals surface area contributed by atoms with Crippen LogP contribution in [0.2, 0.25) is 0 Å². The third-order valence-electron chi connectivity index (χ3n) is 3.01. The lowest BCUT2D eigenvalue weighted by molar-refractivity contribution is -0.137. The fourth-order valence-corrected chi connectivity index (χ4v) is 2.60. The molecule has 6 heteroatoms. The number of amides is 2. The summed E-state index contributed by atoms with van der Waals surface area (Å²) in [5.41, 5.74) is 0. The lowest BCUT2D eigenvalue weighted by Gasteiger charge is -2.22. The molecule has 0 bridgehead atoms. The maximum absolute atomic E-state index is 12.0. The molecule has 5 nitrogen and oxygen atoms in total. The Morgan fingerprint density at radius 3 is 2.80 bits per heavy atom. The predicted molar refractivity (Wildman–Crippen MR) is 80.1 cm³/mol. The lowest BCUT2D eigenvalue weighted by atomic mass is 10.1. The molecular formula is C14H22N2O3S. The Hall–Kier alpha value is -1.56. The van der Waals surface area contributed by atoms with Crippen LogP contribution in [0, 0.1) is 0 Å². The number of hydrogen-bond acceptors (Lipinski definition) is 3. The van der Waals surface area contributed by atoms with Gasteiger partial charge in [0.25, 0.3) is 0 Å². The first-order valence-electron chi connectivity index (χ1n) is 6.78. The summed E-state index contributed by atoms with van der Waals surface area (Å²) < 4.78 is 0. The summed E-state index contributed by atoms with van der Waals surface area (Å²) in [6.07, 6.45) is 2.31. The van der Waals surface area contributed by atoms with Crippen LogP contribution in [0.15, 0.2) is 17.5 Å². The van der Waals surface area contributed by atoms with Crippen LogP contribution in [0.25, 0.3) is 0 Å². The van der Waals surface area contributed by atoms with Crippen molar-refractivity contribution in [1.29, 1.82) is 0 Å². The average molecular weight is 298 g/mol. The highest BCUT2D eigenvalue weighted by molar-refractivity contribution is 7.09. The number of likely N-dealkylation sites (N-methyl/N-ethyl adjacent to an activating group) is 1. The van der Waals surface area contributed by atoms with E-state index in [4.69, 9.17) is 5.11 Å². The Morgan fingerprint density at radius 2 is 2.25 bits per heavy atom. The summed E-state index contributed by atoms with van der Waals surface area (Å²) in [5.74, 6) is -0.884. The molecule has 0 aliphatic rings. The van der Waals surface area contributed by atoms with Crippen LogP contribution in [0.1, 0.15) is 31.1 Å². The minimum Gasteiger partial charge on any atom is -0.481 e. The Bertz CT molecular complexity index is 420. The lowest BCUT2D eigenvalue weighted by Crippen LogP contribution is -2.44. The highest BCUT2D eigenvalue weighted by Gasteiger charge is 2.17. The van der Waals surface area contributed by atoms with Gasteiger partial charge in [-0.3, -0.25) is 4.79 Å². The SMILES string of the molecule is CCCC(CC(=O)O)NC(=O)N(C)CCc1cccs1. The van der Waals surface area contributed by atoms with Gasteiger partial charge in [-0.2, -0.15) is 0 Å². The Labute approximate surface area is 123 Å². The van der Waals surface area contributed by atoms with Gasteiger partial charge < -0.3 is 15.3 Å². The van der Waals surface area contributed by atoms with Crippen LogP contribution in [-0.4, -0.2) is 41.6 Å². The molecule has 0 aromatic carbocycles. The quantitative estimate of drug-likeness (QED) is 0.775. The molecule has 0 aliphatic carbocycles. The molecule has 1 rings (SSSR count). The van der Waals surface area contributed by atoms with Gasteiger partial charge in [0.15, 0.2) is 0 Å². The van der Waals surface area contributed by atoms with Gasteiger partial charge in [0.05, 0.1) is 6.42 Å². The third kappa shape index (κ3) is 6.06. The van der Waals surface area contributed by atoms with Crippen molar-refractivity contribution < 1.29 is 14.7 Å². The van der Waals surface area contributed by atoms with Crippen LogP contribution in [0.3, 0.4) is 0 Å². The van der Waals surface area contributed by atoms with E-state index in [1.165, 1.54) is 4.88 Å². The fraction of sp³-hybridized carbons (Fsp3) is 0.571. The first-order valence-corrected chi connectivity index (χ1v) is 7.66. The number of hydrogen-bond donors (Lipinski definition) is 2. The maximum Gasteiger partial charge on any atom is 0.317 e. The van der Waals surface area contributed by atoms with Crippen molar-refractivity contribution in [2.75, 3.05) is 13.6 Å². The number of thiophene rings is 1. The van der Waals surface area contributed by atoms with Crippen molar-refractivity contribution in [2.24, 2.45) is 0 Å². The molecule has 1 unspecified atom stereocenters. The summed E-state index contributed by atoms with van der Waals surface area (Å²) >= 11 is 1.67. The van der Waals surface area contributed by atoms with Crippen LogP contribution in [0.5, 0.6) is 0 Å². The van der Waals surface area contributed by atoms with Gasteiger partial charge in [-0.1, -0.05) is 19.4 Å². The van der Waals surface area contributed by atoms with E-state index >= 15 is 0 Å². The second-order valence-electron chi connectivity index (χ2n) is 4.78. The molecule has 20 heavy (non-hydrogen) atoms. The molecule has 2 amide bonds. The minimum atomic E-state index is -0.884. The summed E-state index contributed by atoms with van der Waals surface area (Å²) in [6, 6.07) is 3.53. The molecule has 0 saturated carbocycles. The number of nitrogens with one attached hydrogen (secondary N) is 1. The summed E-state index contributed by atoms with van der Waals surface area (Å²) in [6.45, 7) is 2.60. The molecule has 1 aromatic rings. The van der Waals surface area contributed by atoms with E-state index in [9.17, 15) is 9.59 Å². The number of urea groups is 1. The van der Waals surface area contributed by atoms with Gasteiger partial charge in [-0.25, -0.2) is 4.79 Å². The maximum atomic E-state index is 12.0. The standard InChI is InChI=1S/C14H22N2O3S/c1-3-5-11(10-13(17)18)15-14(19)16(2)8-7-12-6-4-9-20-12/h4,6,9,11H,3,5,7-8,10H2,1-2H3,(H,15,19)(H,17,18). The van der Waals surface area contributed by atoms with E-state index in [0.29, 0.717) is 13.0 Å². The number of carboxylic acids is 1. The summed E-state index contributed by atoms with van der Waals surface area (Å²) in [7, 11) is 1.73. The van der Waals surface area contributed by atoms with Gasteiger partial charge in [-0.05, 0) is 24.3 Å². The number of aliphatic carboxylic acids is 1. The molecule has 1 aromatic heterocycles. The van der Waals surface area contributed by atoms with Crippen LogP contribution < -0.4 is 5.32 Å². The zero-order valence-electron chi connectivity index (χ0n) is 12.0. The molecule has 2 N–H and O–H groups in total. The highest BCUT2D eigenvalue weighted by atomic mass is 32.1. The topological polar surface area (TPSA) is 69.6 Å². The molecule has 0 aliphatic heterocycles. The molecular weight excluding hydrogens is 276 g/mol. The molecule has 0 spiro atoms. The number of carbonyl (C=O) groups is 2. The van der Waals surface area contributed by atoms with Crippen molar-refractivity contribution in [3.05, 3.63) is 22.4 Å². The third-order valence-corrected chi connectivity index (χ3v) is 3.94. The normalized spacial score (nSPS) is 11.9. The van der Waals surface area contributed by atoms with Gasteiger partial charge in [0.1, 0.15) is 0 Å². The van der Waals surface area contributed by atoms with E-state index in [1.807, 2.05) is 24.4 Å². The van der Waals surface area contributed by atoms with Crippen molar-refractivity contribution in [3.8, 4) is 0 Å². The number of rotatable bonds is 8. The summed E-state index contributed by atoms with van der Waals surface area (Å²) in [4.78, 5) is 25.6. The molecule has 1 atom stereocenters. The van der Waals surface area contributed by atoms with E-state index in [1.54, 1.807) is 23.3 Å². The van der Waals surface area contributed by atoms with Crippen LogP contribution >= 0.6 is 11.3 Å². The van der Waals surface area contributed by atoms with Gasteiger partial charge in [0, 0.05) is 24.5 Å². The molecule has 0 saturated heterocycles. The Kier molecular flexibility index (Phi) is 7.08. The highest BCUT2D eigenvalue weighted by Crippen LogP contribution is 2.09. The zero-order valence-corrected chi connectivity index (χ0v) is 12.8. The second-order valence-corrected chi connectivity index (χ2v) is 5.82. The van der Waals surface area contributed by atoms with Gasteiger partial charge in [-0.15, -0.1) is 11.3 Å². The van der Waals surface area contributed by atoms with Crippen molar-refractivity contribution in [1.82, 2.24) is 10.2 Å². The van der Waals surface area contributed by atoms with Crippen molar-refractivity contribution in [2.45, 2.75) is 38.6 Å². The Morgan fingerprint density at radius 1 is 1.50 bits per heavy atom. The summed E-state index contributed by atoms with van der Waals surface area (Å²) in [5, 5.41) is 13.6. The van der Waals surface area contributed by atoms with E-state index in [-0.39, 0.29) is 18.5 Å². The van der Waals surface area contributed by atoms with Gasteiger partial charge >= 0.3 is 12.0 Å². The van der Waals surface area contributed by atoms with E-state index in [0.717, 1.165) is 12.8 Å². The van der Waals surface area contributed by atoms with Crippen LogP contribution in [0.4, 0.5) is 4.79 Å². The number of nitrogens with zero attached hydrogens (tertiary/aromatic N) is 1. The first kappa shape index (κ1) is 16.5. The van der Waals surface area contributed by atoms with Gasteiger partial charge in [0.2, 0.25) is 0 Å². The molecule has 1 heterocycles. The fourth-order valence-electron chi connectivity index (χ4n) is 1.90. The minimum absolute atomic E-state index is 0.0294. The molecule has 0 fully saturated rings. The Balaban J connectivity index is 2.39. The van der Waals surface area contributed by atoms with E-state index in [2.05, 4.69) is 5.32 Å². The zero-order chi connectivity index (χ0) is 15.0. The number of carbonyl (C=O) groups excluding carboxylic acids is 1. The largest absolute Gasteiger partial charge is 0.481 e. The number of carboxylic acid groups (broad SMARTS) is 1. The molecule has 112 valence electrons. The smallest absolute Gasteiger partial charge is 0.317 e.